The molecule has 1 aliphatic heterocycles. The molecule has 1 aromatic heterocycles. The van der Waals surface area contributed by atoms with Crippen molar-refractivity contribution < 1.29 is 75.7 Å². The summed E-state index contributed by atoms with van der Waals surface area (Å²) < 4.78 is 197. The van der Waals surface area contributed by atoms with Crippen LogP contribution in [0.15, 0.2) is 48.8 Å². The van der Waals surface area contributed by atoms with Crippen molar-refractivity contribution in [1.29, 1.82) is 0 Å². The van der Waals surface area contributed by atoms with Gasteiger partial charge in [-0.05, 0) is 62.1 Å². The molecule has 2 N–H and O–H groups in total. The van der Waals surface area contributed by atoms with Crippen molar-refractivity contribution in [1.82, 2.24) is 4.57 Å². The van der Waals surface area contributed by atoms with E-state index in [0.717, 1.165) is 12.8 Å². The van der Waals surface area contributed by atoms with Crippen LogP contribution in [0.2, 0.25) is 0 Å². The maximum Gasteiger partial charge on any atom is 0.435 e. The number of aryl methyl sites for hydroxylation is 4. The summed E-state index contributed by atoms with van der Waals surface area (Å²) in [6.07, 6.45) is -19.5. The fourth-order valence-corrected chi connectivity index (χ4v) is 5.12. The van der Waals surface area contributed by atoms with Gasteiger partial charge >= 0.3 is 36.0 Å². The molecule has 1 aliphatic rings. The normalized spacial score (nSPS) is 17.4. The molecule has 1 fully saturated rings. The number of rotatable bonds is 5. The molecule has 0 amide bonds. The quantitative estimate of drug-likeness (QED) is 0.208. The first-order valence-corrected chi connectivity index (χ1v) is 14.6. The Balaban J connectivity index is 0.000000289. The van der Waals surface area contributed by atoms with Gasteiger partial charge in [0.1, 0.15) is 0 Å². The molecule has 1 saturated heterocycles. The molecule has 0 saturated carbocycles. The third-order valence-electron chi connectivity index (χ3n) is 7.77. The predicted molar refractivity (Wildman–Crippen MR) is 157 cm³/mol. The number of nitrogen functional groups attached to an aromatic ring is 1. The molecule has 0 bridgehead atoms. The van der Waals surface area contributed by atoms with Gasteiger partial charge in [-0.25, -0.2) is 8.78 Å². The third kappa shape index (κ3) is 9.08. The van der Waals surface area contributed by atoms with Crippen molar-refractivity contribution in [2.24, 2.45) is 0 Å². The summed E-state index contributed by atoms with van der Waals surface area (Å²) in [5.41, 5.74) is -7.85. The molecular formula is C32H34F14N2O3. The lowest BCUT2D eigenvalue weighted by atomic mass is 9.90. The van der Waals surface area contributed by atoms with Crippen molar-refractivity contribution in [3.8, 4) is 5.69 Å². The van der Waals surface area contributed by atoms with Crippen LogP contribution in [-0.4, -0.2) is 56.1 Å². The summed E-state index contributed by atoms with van der Waals surface area (Å²) in [6, 6.07) is 5.40. The van der Waals surface area contributed by atoms with Gasteiger partial charge in [-0.2, -0.15) is 52.7 Å². The molecule has 0 radical (unpaired) electrons. The molecule has 3 aromatic rings. The minimum atomic E-state index is -6.11. The first-order chi connectivity index (χ1) is 23.1. The van der Waals surface area contributed by atoms with E-state index in [1.165, 1.54) is 32.3 Å². The lowest BCUT2D eigenvalue weighted by Gasteiger charge is -2.31. The SMILES string of the molecule is COC1CCC(OC)O1.Cc1cc(C(F)(C(F)(F)F)C(F)(F)F)cc(C)c1-n1cccc1.Cc1cc(C(F)(C(F)(F)F)C(F)(F)F)cc(C)c1N. The predicted octanol–water partition coefficient (Wildman–Crippen LogP) is 10.3. The van der Waals surface area contributed by atoms with E-state index < -0.39 is 47.2 Å². The summed E-state index contributed by atoms with van der Waals surface area (Å²) in [5.74, 6) is 0. The van der Waals surface area contributed by atoms with Gasteiger partial charge in [0.05, 0.1) is 5.69 Å². The van der Waals surface area contributed by atoms with Crippen molar-refractivity contribution in [3.05, 3.63) is 82.2 Å². The molecule has 19 heteroatoms. The zero-order valence-corrected chi connectivity index (χ0v) is 27.7. The number of aromatic nitrogens is 1. The lowest BCUT2D eigenvalue weighted by molar-refractivity contribution is -0.349. The number of nitrogens with two attached hydrogens (primary N) is 1. The Kier molecular flexibility index (Phi) is 13.3. The van der Waals surface area contributed by atoms with E-state index >= 15 is 0 Å². The van der Waals surface area contributed by atoms with Crippen LogP contribution in [0.5, 0.6) is 0 Å². The molecule has 5 nitrogen and oxygen atoms in total. The average molecular weight is 761 g/mol. The smallest absolute Gasteiger partial charge is 0.398 e. The molecule has 2 unspecified atom stereocenters. The molecule has 51 heavy (non-hydrogen) atoms. The topological polar surface area (TPSA) is 58.6 Å². The van der Waals surface area contributed by atoms with Crippen molar-refractivity contribution in [2.45, 2.75) is 89.2 Å². The van der Waals surface area contributed by atoms with E-state index in [4.69, 9.17) is 19.9 Å². The Morgan fingerprint density at radius 1 is 0.569 bits per heavy atom. The fraction of sp³-hybridized carbons (Fsp3) is 0.500. The number of ether oxygens (including phenoxy) is 3. The zero-order valence-electron chi connectivity index (χ0n) is 27.7. The van der Waals surface area contributed by atoms with Gasteiger partial charge < -0.3 is 24.5 Å². The van der Waals surface area contributed by atoms with Gasteiger partial charge in [0.2, 0.25) is 0 Å². The van der Waals surface area contributed by atoms with Crippen LogP contribution in [0, 0.1) is 27.7 Å². The van der Waals surface area contributed by atoms with Gasteiger partial charge in [-0.1, -0.05) is 24.3 Å². The molecule has 2 atom stereocenters. The van der Waals surface area contributed by atoms with Crippen LogP contribution in [0.25, 0.3) is 5.69 Å². The van der Waals surface area contributed by atoms with Gasteiger partial charge in [0, 0.05) is 56.3 Å². The van der Waals surface area contributed by atoms with Crippen LogP contribution >= 0.6 is 0 Å². The van der Waals surface area contributed by atoms with E-state index in [0.29, 0.717) is 30.0 Å². The molecule has 4 rings (SSSR count). The summed E-state index contributed by atoms with van der Waals surface area (Å²) in [6.45, 7) is 5.08. The summed E-state index contributed by atoms with van der Waals surface area (Å²) in [5, 5.41) is 0. The molecule has 2 aromatic carbocycles. The van der Waals surface area contributed by atoms with Crippen molar-refractivity contribution in [2.75, 3.05) is 20.0 Å². The number of alkyl halides is 14. The van der Waals surface area contributed by atoms with E-state index in [9.17, 15) is 61.5 Å². The van der Waals surface area contributed by atoms with Gasteiger partial charge in [0.15, 0.2) is 12.6 Å². The minimum Gasteiger partial charge on any atom is -0.398 e. The molecule has 0 aliphatic carbocycles. The maximum absolute atomic E-state index is 14.1. The van der Waals surface area contributed by atoms with E-state index in [1.807, 2.05) is 0 Å². The number of anilines is 1. The number of hydrogen-bond acceptors (Lipinski definition) is 4. The van der Waals surface area contributed by atoms with Gasteiger partial charge in [-0.15, -0.1) is 0 Å². The maximum atomic E-state index is 14.1. The monoisotopic (exact) mass is 760 g/mol. The van der Waals surface area contributed by atoms with Crippen LogP contribution < -0.4 is 5.73 Å². The number of halogens is 14. The zero-order chi connectivity index (χ0) is 39.5. The van der Waals surface area contributed by atoms with E-state index in [-0.39, 0.29) is 40.5 Å². The average Bonchev–Trinajstić information content (AvgIpc) is 3.69. The largest absolute Gasteiger partial charge is 0.435 e. The summed E-state index contributed by atoms with van der Waals surface area (Å²) in [7, 11) is 3.28. The Labute approximate surface area is 283 Å². The van der Waals surface area contributed by atoms with Crippen LogP contribution in [0.3, 0.4) is 0 Å². The highest BCUT2D eigenvalue weighted by atomic mass is 19.4. The summed E-state index contributed by atoms with van der Waals surface area (Å²) in [4.78, 5) is 0. The van der Waals surface area contributed by atoms with Crippen molar-refractivity contribution in [3.63, 3.8) is 0 Å². The Hall–Kier alpha value is -3.58. The highest BCUT2D eigenvalue weighted by molar-refractivity contribution is 5.56. The minimum absolute atomic E-state index is 0.0236. The van der Waals surface area contributed by atoms with E-state index in [2.05, 4.69) is 0 Å². The number of methoxy groups -OCH3 is 2. The Morgan fingerprint density at radius 3 is 1.12 bits per heavy atom. The molecule has 2 heterocycles. The molecule has 288 valence electrons. The second-order valence-electron chi connectivity index (χ2n) is 11.4. The van der Waals surface area contributed by atoms with E-state index in [1.54, 1.807) is 38.7 Å². The number of hydrogen-bond donors (Lipinski definition) is 1. The molecule has 0 spiro atoms. The van der Waals surface area contributed by atoms with Gasteiger partial charge in [0.25, 0.3) is 0 Å². The van der Waals surface area contributed by atoms with Crippen LogP contribution in [0.1, 0.15) is 46.2 Å². The second kappa shape index (κ2) is 15.6. The fourth-order valence-electron chi connectivity index (χ4n) is 5.12. The Bertz CT molecular complexity index is 1510. The lowest BCUT2D eigenvalue weighted by Crippen LogP contribution is -2.50. The molecular weight excluding hydrogens is 726 g/mol. The number of nitrogens with zero attached hydrogens (tertiary/aromatic N) is 1. The second-order valence-corrected chi connectivity index (χ2v) is 11.4. The summed E-state index contributed by atoms with van der Waals surface area (Å²) >= 11 is 0. The van der Waals surface area contributed by atoms with Crippen molar-refractivity contribution >= 4 is 5.69 Å². The first-order valence-electron chi connectivity index (χ1n) is 14.6. The van der Waals surface area contributed by atoms with Crippen LogP contribution in [0.4, 0.5) is 67.2 Å². The van der Waals surface area contributed by atoms with Crippen LogP contribution in [-0.2, 0) is 25.5 Å². The number of benzene rings is 2. The third-order valence-corrected chi connectivity index (χ3v) is 7.77. The standard InChI is InChI=1S/C15H12F7N.C11H10F7N.C6H12O3/c1-9-7-11(13(16,14(17,18)19)15(20,21)22)8-10(2)12(9)23-5-3-4-6-23;1-5-3-7(4-6(2)8(5)19)9(12,10(13,14)15)11(16,17)18;1-7-5-3-4-6(8-2)9-5/h3-8H,1-2H3;3-4H,19H2,1-2H3;5-6H,3-4H2,1-2H3. The first kappa shape index (κ1) is 43.6. The highest BCUT2D eigenvalue weighted by Crippen LogP contribution is 2.55. The highest BCUT2D eigenvalue weighted by Gasteiger charge is 2.74. The van der Waals surface area contributed by atoms with Gasteiger partial charge in [-0.3, -0.25) is 0 Å². The Morgan fingerprint density at radius 2 is 0.863 bits per heavy atom.